The topological polar surface area (TPSA) is 87.7 Å². The lowest BCUT2D eigenvalue weighted by atomic mass is 10.2. The number of nitrogens with one attached hydrogen (secondary N) is 1. The molecule has 148 valence electrons. The zero-order chi connectivity index (χ0) is 20.0. The molecule has 1 aliphatic rings. The fraction of sp³-hybridized carbons (Fsp3) is 0.250. The first-order chi connectivity index (χ1) is 14.1. The van der Waals surface area contributed by atoms with Gasteiger partial charge in [-0.3, -0.25) is 9.20 Å². The number of aromatic nitrogens is 4. The van der Waals surface area contributed by atoms with Crippen molar-refractivity contribution in [1.29, 1.82) is 0 Å². The van der Waals surface area contributed by atoms with Gasteiger partial charge >= 0.3 is 0 Å². The molecule has 1 atom stereocenters. The van der Waals surface area contributed by atoms with Crippen molar-refractivity contribution in [3.05, 3.63) is 70.9 Å². The van der Waals surface area contributed by atoms with Gasteiger partial charge in [0.05, 0.1) is 5.69 Å². The molecule has 29 heavy (non-hydrogen) atoms. The van der Waals surface area contributed by atoms with Crippen molar-refractivity contribution in [3.8, 4) is 0 Å². The molecule has 9 heteroatoms. The van der Waals surface area contributed by atoms with Gasteiger partial charge in [-0.15, -0.1) is 11.3 Å². The van der Waals surface area contributed by atoms with Gasteiger partial charge in [-0.05, 0) is 12.5 Å². The van der Waals surface area contributed by atoms with Gasteiger partial charge in [0.2, 0.25) is 6.35 Å². The van der Waals surface area contributed by atoms with Crippen molar-refractivity contribution in [3.63, 3.8) is 0 Å². The number of rotatable bonds is 5. The maximum absolute atomic E-state index is 12.8. The van der Waals surface area contributed by atoms with E-state index in [9.17, 15) is 9.90 Å². The van der Waals surface area contributed by atoms with Crippen molar-refractivity contribution < 1.29 is 9.90 Å². The van der Waals surface area contributed by atoms with Gasteiger partial charge in [-0.25, -0.2) is 9.97 Å². The van der Waals surface area contributed by atoms with Crippen LogP contribution in [0.1, 0.15) is 34.5 Å². The van der Waals surface area contributed by atoms with Crippen LogP contribution in [0.25, 0.3) is 4.96 Å². The number of benzene rings is 1. The zero-order valence-corrected chi connectivity index (χ0v) is 16.6. The quantitative estimate of drug-likeness (QED) is 0.528. The number of amides is 1. The minimum absolute atomic E-state index is 0.322. The van der Waals surface area contributed by atoms with Crippen LogP contribution in [-0.2, 0) is 13.0 Å². The monoisotopic (exact) mass is 408 g/mol. The van der Waals surface area contributed by atoms with E-state index in [2.05, 4.69) is 10.3 Å². The highest BCUT2D eigenvalue weighted by atomic mass is 32.1. The first-order valence-corrected chi connectivity index (χ1v) is 10.3. The molecule has 0 radical (unpaired) electrons. The van der Waals surface area contributed by atoms with Gasteiger partial charge in [0, 0.05) is 37.3 Å². The Bertz CT molecular complexity index is 1150. The average molecular weight is 408 g/mol. The molecule has 8 nitrogen and oxygen atoms in total. The molecule has 1 amide bonds. The van der Waals surface area contributed by atoms with Gasteiger partial charge in [-0.1, -0.05) is 30.3 Å². The van der Waals surface area contributed by atoms with Crippen molar-refractivity contribution >= 4 is 28.0 Å². The standard InChI is InChI=1S/C20H20N6O2S/c1-2-25-17-16(18(27)23-19(25)28)26(11-13-6-4-3-5-7-13)15(22-17)10-14-12-24-8-9-29-20(24)21-14/h3-9,12,19,28H,2,10-11H2,1H3,(H,23,27). The minimum Gasteiger partial charge on any atom is -0.356 e. The van der Waals surface area contributed by atoms with E-state index in [4.69, 9.17) is 4.98 Å². The Kier molecular flexibility index (Phi) is 4.33. The molecule has 0 fully saturated rings. The molecule has 2 N–H and O–H groups in total. The smallest absolute Gasteiger partial charge is 0.275 e. The summed E-state index contributed by atoms with van der Waals surface area (Å²) in [6, 6.07) is 9.97. The Morgan fingerprint density at radius 1 is 1.24 bits per heavy atom. The average Bonchev–Trinajstić information content (AvgIpc) is 3.38. The highest BCUT2D eigenvalue weighted by Crippen LogP contribution is 2.28. The summed E-state index contributed by atoms with van der Waals surface area (Å²) in [5, 5.41) is 14.9. The summed E-state index contributed by atoms with van der Waals surface area (Å²) in [6.45, 7) is 2.96. The Hall–Kier alpha value is -3.17. The number of hydrogen-bond donors (Lipinski definition) is 2. The molecule has 0 bridgehead atoms. The molecular weight excluding hydrogens is 388 g/mol. The van der Waals surface area contributed by atoms with E-state index >= 15 is 0 Å². The SMILES string of the molecule is CCN1c2nc(Cc3cn4ccsc4n3)n(Cc3ccccc3)c2C(=O)NC1O. The Labute approximate surface area is 171 Å². The van der Waals surface area contributed by atoms with Crippen LogP contribution in [0, 0.1) is 0 Å². The van der Waals surface area contributed by atoms with E-state index in [0.29, 0.717) is 31.0 Å². The van der Waals surface area contributed by atoms with Crippen molar-refractivity contribution in [2.24, 2.45) is 0 Å². The predicted molar refractivity (Wildman–Crippen MR) is 110 cm³/mol. The second kappa shape index (κ2) is 7.02. The van der Waals surface area contributed by atoms with Crippen LogP contribution in [-0.4, -0.2) is 42.8 Å². The van der Waals surface area contributed by atoms with Gasteiger partial charge in [0.25, 0.3) is 5.91 Å². The van der Waals surface area contributed by atoms with Crippen molar-refractivity contribution in [1.82, 2.24) is 24.3 Å². The van der Waals surface area contributed by atoms with Crippen LogP contribution in [0.3, 0.4) is 0 Å². The van der Waals surface area contributed by atoms with Crippen LogP contribution < -0.4 is 10.2 Å². The molecule has 0 saturated carbocycles. The lowest BCUT2D eigenvalue weighted by molar-refractivity contribution is 0.0735. The summed E-state index contributed by atoms with van der Waals surface area (Å²) >= 11 is 1.58. The van der Waals surface area contributed by atoms with Crippen molar-refractivity contribution in [2.75, 3.05) is 11.4 Å². The highest BCUT2D eigenvalue weighted by Gasteiger charge is 2.35. The molecule has 4 aromatic rings. The number of fused-ring (bicyclic) bond motifs is 2. The number of aliphatic hydroxyl groups excluding tert-OH is 1. The van der Waals surface area contributed by atoms with E-state index in [-0.39, 0.29) is 5.91 Å². The molecule has 0 spiro atoms. The predicted octanol–water partition coefficient (Wildman–Crippen LogP) is 2.08. The highest BCUT2D eigenvalue weighted by molar-refractivity contribution is 7.15. The first-order valence-electron chi connectivity index (χ1n) is 9.44. The third-order valence-corrected chi connectivity index (χ3v) is 5.85. The maximum Gasteiger partial charge on any atom is 0.275 e. The number of carbonyl (C=O) groups is 1. The summed E-state index contributed by atoms with van der Waals surface area (Å²) in [7, 11) is 0. The number of aliphatic hydroxyl groups is 1. The van der Waals surface area contributed by atoms with Gasteiger partial charge < -0.3 is 19.9 Å². The fourth-order valence-electron chi connectivity index (χ4n) is 3.71. The Balaban J connectivity index is 1.61. The molecule has 3 aromatic heterocycles. The van der Waals surface area contributed by atoms with E-state index in [1.165, 1.54) is 0 Å². The number of imidazole rings is 2. The summed E-state index contributed by atoms with van der Waals surface area (Å²) in [6.07, 6.45) is 3.38. The molecular formula is C20H20N6O2S. The van der Waals surface area contributed by atoms with E-state index in [0.717, 1.165) is 22.0 Å². The summed E-state index contributed by atoms with van der Waals surface area (Å²) in [5.41, 5.74) is 2.43. The number of hydrogen-bond acceptors (Lipinski definition) is 6. The summed E-state index contributed by atoms with van der Waals surface area (Å²) in [5.74, 6) is 0.931. The maximum atomic E-state index is 12.8. The van der Waals surface area contributed by atoms with Gasteiger partial charge in [0.1, 0.15) is 5.82 Å². The molecule has 1 unspecified atom stereocenters. The zero-order valence-electron chi connectivity index (χ0n) is 15.8. The van der Waals surface area contributed by atoms with E-state index < -0.39 is 6.35 Å². The van der Waals surface area contributed by atoms with Crippen LogP contribution in [0.15, 0.2) is 48.1 Å². The summed E-state index contributed by atoms with van der Waals surface area (Å²) < 4.78 is 3.92. The number of thiazole rings is 1. The number of nitrogens with zero attached hydrogens (tertiary/aromatic N) is 5. The first kappa shape index (κ1) is 17.9. The van der Waals surface area contributed by atoms with Crippen LogP contribution in [0.5, 0.6) is 0 Å². The van der Waals surface area contributed by atoms with Crippen molar-refractivity contribution in [2.45, 2.75) is 26.2 Å². The lowest BCUT2D eigenvalue weighted by Crippen LogP contribution is -2.53. The van der Waals surface area contributed by atoms with E-state index in [1.807, 2.05) is 64.0 Å². The van der Waals surface area contributed by atoms with Crippen LogP contribution in [0.2, 0.25) is 0 Å². The molecule has 4 heterocycles. The number of carbonyl (C=O) groups excluding carboxylic acids is 1. The normalized spacial score (nSPS) is 16.3. The molecule has 1 aliphatic heterocycles. The van der Waals surface area contributed by atoms with Gasteiger partial charge in [-0.2, -0.15) is 0 Å². The summed E-state index contributed by atoms with van der Waals surface area (Å²) in [4.78, 5) is 24.8. The Morgan fingerprint density at radius 3 is 2.83 bits per heavy atom. The molecule has 0 aliphatic carbocycles. The second-order valence-electron chi connectivity index (χ2n) is 6.91. The minimum atomic E-state index is -1.08. The lowest BCUT2D eigenvalue weighted by Gasteiger charge is -2.32. The van der Waals surface area contributed by atoms with Gasteiger partial charge in [0.15, 0.2) is 16.5 Å². The van der Waals surface area contributed by atoms with E-state index in [1.54, 1.807) is 16.2 Å². The van der Waals surface area contributed by atoms with Crippen LogP contribution >= 0.6 is 11.3 Å². The molecule has 0 saturated heterocycles. The Morgan fingerprint density at radius 2 is 2.07 bits per heavy atom. The molecule has 5 rings (SSSR count). The molecule has 1 aromatic carbocycles. The fourth-order valence-corrected chi connectivity index (χ4v) is 4.43. The third-order valence-electron chi connectivity index (χ3n) is 5.08. The second-order valence-corrected chi connectivity index (χ2v) is 7.78. The number of anilines is 1. The largest absolute Gasteiger partial charge is 0.356 e. The third kappa shape index (κ3) is 3.08. The van der Waals surface area contributed by atoms with Crippen LogP contribution in [0.4, 0.5) is 5.82 Å².